The minimum Gasteiger partial charge on any atom is -0.496 e. The Balaban J connectivity index is 1.57. The summed E-state index contributed by atoms with van der Waals surface area (Å²) in [5.74, 6) is 1.04. The van der Waals surface area contributed by atoms with Crippen LogP contribution in [0.3, 0.4) is 0 Å². The monoisotopic (exact) mass is 275 g/mol. The average Bonchev–Trinajstić information content (AvgIpc) is 2.79. The molecule has 1 saturated carbocycles. The molecule has 0 spiro atoms. The summed E-state index contributed by atoms with van der Waals surface area (Å²) in [6.07, 6.45) is 5.40. The molecule has 1 unspecified atom stereocenters. The van der Waals surface area contributed by atoms with Gasteiger partial charge in [0.1, 0.15) is 5.75 Å². The Morgan fingerprint density at radius 3 is 2.75 bits per heavy atom. The molecule has 0 aliphatic heterocycles. The highest BCUT2D eigenvalue weighted by Crippen LogP contribution is 2.38. The molecule has 3 nitrogen and oxygen atoms in total. The molecule has 2 aliphatic rings. The number of fused-ring (bicyclic) bond motifs is 1. The van der Waals surface area contributed by atoms with Crippen molar-refractivity contribution in [2.24, 2.45) is 0 Å². The van der Waals surface area contributed by atoms with E-state index in [4.69, 9.17) is 9.47 Å². The number of rotatable bonds is 5. The van der Waals surface area contributed by atoms with Gasteiger partial charge in [-0.05, 0) is 56.7 Å². The second-order valence-corrected chi connectivity index (χ2v) is 6.26. The molecular formula is C17H25NO2. The van der Waals surface area contributed by atoms with Crippen LogP contribution in [0.2, 0.25) is 0 Å². The van der Waals surface area contributed by atoms with E-state index in [2.05, 4.69) is 37.4 Å². The van der Waals surface area contributed by atoms with Gasteiger partial charge in [-0.15, -0.1) is 0 Å². The van der Waals surface area contributed by atoms with Crippen molar-refractivity contribution in [1.29, 1.82) is 0 Å². The number of benzene rings is 1. The minimum atomic E-state index is 0.345. The van der Waals surface area contributed by atoms with Gasteiger partial charge in [0.25, 0.3) is 0 Å². The molecule has 0 aromatic heterocycles. The first-order chi connectivity index (χ1) is 9.67. The first-order valence-corrected chi connectivity index (χ1v) is 7.74. The zero-order valence-corrected chi connectivity index (χ0v) is 12.7. The van der Waals surface area contributed by atoms with Crippen LogP contribution >= 0.6 is 0 Å². The molecule has 1 aromatic carbocycles. The van der Waals surface area contributed by atoms with Gasteiger partial charge in [-0.25, -0.2) is 0 Å². The van der Waals surface area contributed by atoms with Crippen molar-refractivity contribution in [1.82, 2.24) is 5.32 Å². The van der Waals surface area contributed by atoms with Crippen molar-refractivity contribution >= 4 is 0 Å². The van der Waals surface area contributed by atoms with Gasteiger partial charge in [0.05, 0.1) is 19.3 Å². The van der Waals surface area contributed by atoms with Crippen molar-refractivity contribution in [3.05, 3.63) is 29.3 Å². The fraction of sp³-hybridized carbons (Fsp3) is 0.647. The molecule has 0 saturated heterocycles. The van der Waals surface area contributed by atoms with Crippen LogP contribution in [-0.2, 0) is 11.2 Å². The van der Waals surface area contributed by atoms with Gasteiger partial charge in [0.15, 0.2) is 0 Å². The number of hydrogen-bond donors (Lipinski definition) is 1. The van der Waals surface area contributed by atoms with Crippen molar-refractivity contribution in [2.45, 2.75) is 63.8 Å². The first kappa shape index (κ1) is 13.9. The molecule has 1 N–H and O–H groups in total. The van der Waals surface area contributed by atoms with E-state index >= 15 is 0 Å². The van der Waals surface area contributed by atoms with Crippen LogP contribution in [0.15, 0.2) is 18.2 Å². The van der Waals surface area contributed by atoms with Crippen molar-refractivity contribution in [3.63, 3.8) is 0 Å². The Morgan fingerprint density at radius 2 is 2.05 bits per heavy atom. The largest absolute Gasteiger partial charge is 0.496 e. The molecule has 1 aromatic rings. The lowest BCUT2D eigenvalue weighted by molar-refractivity contribution is -0.0515. The predicted molar refractivity (Wildman–Crippen MR) is 80.2 cm³/mol. The fourth-order valence-electron chi connectivity index (χ4n) is 3.47. The van der Waals surface area contributed by atoms with E-state index < -0.39 is 0 Å². The second-order valence-electron chi connectivity index (χ2n) is 6.26. The van der Waals surface area contributed by atoms with Gasteiger partial charge in [-0.1, -0.05) is 12.1 Å². The first-order valence-electron chi connectivity index (χ1n) is 7.74. The Morgan fingerprint density at radius 1 is 1.25 bits per heavy atom. The van der Waals surface area contributed by atoms with Crippen LogP contribution in [0.1, 0.15) is 50.3 Å². The topological polar surface area (TPSA) is 30.5 Å². The lowest BCUT2D eigenvalue weighted by atomic mass is 9.88. The lowest BCUT2D eigenvalue weighted by Gasteiger charge is -2.38. The molecule has 1 fully saturated rings. The van der Waals surface area contributed by atoms with E-state index in [1.807, 2.05) is 0 Å². The molecule has 3 heteroatoms. The molecule has 3 rings (SSSR count). The SMILES string of the molecule is COc1cccc2c1CCC2NC1CC(OC(C)C)C1. The summed E-state index contributed by atoms with van der Waals surface area (Å²) < 4.78 is 11.3. The molecule has 2 aliphatic carbocycles. The van der Waals surface area contributed by atoms with E-state index in [1.165, 1.54) is 17.5 Å². The van der Waals surface area contributed by atoms with Crippen LogP contribution in [-0.4, -0.2) is 25.4 Å². The maximum atomic E-state index is 5.83. The van der Waals surface area contributed by atoms with Gasteiger partial charge >= 0.3 is 0 Å². The maximum absolute atomic E-state index is 5.83. The molecule has 20 heavy (non-hydrogen) atoms. The van der Waals surface area contributed by atoms with Crippen LogP contribution in [0.25, 0.3) is 0 Å². The molecule has 110 valence electrons. The van der Waals surface area contributed by atoms with Crippen LogP contribution < -0.4 is 10.1 Å². The Labute approximate surface area is 121 Å². The molecule has 1 atom stereocenters. The number of nitrogens with one attached hydrogen (secondary N) is 1. The van der Waals surface area contributed by atoms with E-state index in [-0.39, 0.29) is 0 Å². The Hall–Kier alpha value is -1.06. The average molecular weight is 275 g/mol. The molecule has 0 amide bonds. The Kier molecular flexibility index (Phi) is 3.99. The maximum Gasteiger partial charge on any atom is 0.122 e. The summed E-state index contributed by atoms with van der Waals surface area (Å²) in [5, 5.41) is 3.79. The third-order valence-corrected chi connectivity index (χ3v) is 4.44. The van der Waals surface area contributed by atoms with Crippen molar-refractivity contribution in [2.75, 3.05) is 7.11 Å². The highest BCUT2D eigenvalue weighted by molar-refractivity contribution is 5.45. The molecule has 0 heterocycles. The van der Waals surface area contributed by atoms with Gasteiger partial charge in [0.2, 0.25) is 0 Å². The van der Waals surface area contributed by atoms with E-state index in [0.717, 1.165) is 25.0 Å². The van der Waals surface area contributed by atoms with E-state index in [9.17, 15) is 0 Å². The third-order valence-electron chi connectivity index (χ3n) is 4.44. The number of hydrogen-bond acceptors (Lipinski definition) is 3. The lowest BCUT2D eigenvalue weighted by Crippen LogP contribution is -2.47. The standard InChI is InChI=1S/C17H25NO2/c1-11(2)20-13-9-12(10-13)18-16-8-7-15-14(16)5-4-6-17(15)19-3/h4-6,11-13,16,18H,7-10H2,1-3H3. The van der Waals surface area contributed by atoms with Gasteiger partial charge in [-0.3, -0.25) is 0 Å². The molecular weight excluding hydrogens is 250 g/mol. The third kappa shape index (κ3) is 2.70. The van der Waals surface area contributed by atoms with Crippen LogP contribution in [0, 0.1) is 0 Å². The van der Waals surface area contributed by atoms with Crippen molar-refractivity contribution < 1.29 is 9.47 Å². The summed E-state index contributed by atoms with van der Waals surface area (Å²) in [7, 11) is 1.76. The zero-order chi connectivity index (χ0) is 14.1. The summed E-state index contributed by atoms with van der Waals surface area (Å²) in [6.45, 7) is 4.22. The highest BCUT2D eigenvalue weighted by Gasteiger charge is 2.34. The Bertz CT molecular complexity index is 466. The summed E-state index contributed by atoms with van der Waals surface area (Å²) in [4.78, 5) is 0. The molecule has 0 radical (unpaired) electrons. The fourth-order valence-corrected chi connectivity index (χ4v) is 3.47. The normalized spacial score (nSPS) is 28.3. The number of ether oxygens (including phenoxy) is 2. The van der Waals surface area contributed by atoms with E-state index in [0.29, 0.717) is 24.3 Å². The second kappa shape index (κ2) is 5.74. The van der Waals surface area contributed by atoms with Gasteiger partial charge in [-0.2, -0.15) is 0 Å². The summed E-state index contributed by atoms with van der Waals surface area (Å²) in [5.41, 5.74) is 2.82. The quantitative estimate of drug-likeness (QED) is 0.895. The van der Waals surface area contributed by atoms with Crippen LogP contribution in [0.4, 0.5) is 0 Å². The predicted octanol–water partition coefficient (Wildman–Crippen LogP) is 3.23. The summed E-state index contributed by atoms with van der Waals surface area (Å²) >= 11 is 0. The van der Waals surface area contributed by atoms with E-state index in [1.54, 1.807) is 7.11 Å². The van der Waals surface area contributed by atoms with Crippen LogP contribution in [0.5, 0.6) is 5.75 Å². The molecule has 0 bridgehead atoms. The highest BCUT2D eigenvalue weighted by atomic mass is 16.5. The van der Waals surface area contributed by atoms with Gasteiger partial charge < -0.3 is 14.8 Å². The zero-order valence-electron chi connectivity index (χ0n) is 12.7. The minimum absolute atomic E-state index is 0.345. The number of methoxy groups -OCH3 is 1. The van der Waals surface area contributed by atoms with Gasteiger partial charge in [0, 0.05) is 12.1 Å². The summed E-state index contributed by atoms with van der Waals surface area (Å²) in [6, 6.07) is 7.51. The van der Waals surface area contributed by atoms with Crippen molar-refractivity contribution in [3.8, 4) is 5.75 Å². The smallest absolute Gasteiger partial charge is 0.122 e.